The summed E-state index contributed by atoms with van der Waals surface area (Å²) >= 11 is 0. The van der Waals surface area contributed by atoms with E-state index in [0.29, 0.717) is 12.5 Å². The van der Waals surface area contributed by atoms with Crippen molar-refractivity contribution in [2.24, 2.45) is 0 Å². The SMILES string of the molecule is CN1CCC(N(C)C(=O)Cc2cc3cc(-c4cccnn4)ccc3cn2)CC1. The van der Waals surface area contributed by atoms with Gasteiger partial charge in [-0.25, -0.2) is 0 Å². The van der Waals surface area contributed by atoms with Crippen LogP contribution in [0.1, 0.15) is 18.5 Å². The highest BCUT2D eigenvalue weighted by atomic mass is 16.2. The van der Waals surface area contributed by atoms with E-state index in [0.717, 1.165) is 53.7 Å². The number of nitrogens with zero attached hydrogens (tertiary/aromatic N) is 5. The van der Waals surface area contributed by atoms with Gasteiger partial charge in [0.15, 0.2) is 0 Å². The molecule has 3 aromatic rings. The molecule has 0 atom stereocenters. The molecule has 0 bridgehead atoms. The highest BCUT2D eigenvalue weighted by Gasteiger charge is 2.24. The Balaban J connectivity index is 1.51. The van der Waals surface area contributed by atoms with Gasteiger partial charge in [-0.15, -0.1) is 0 Å². The van der Waals surface area contributed by atoms with Crippen LogP contribution in [0.4, 0.5) is 0 Å². The van der Waals surface area contributed by atoms with Gasteiger partial charge in [-0.3, -0.25) is 9.78 Å². The number of likely N-dealkylation sites (tertiary alicyclic amines) is 1. The van der Waals surface area contributed by atoms with E-state index < -0.39 is 0 Å². The zero-order valence-electron chi connectivity index (χ0n) is 16.4. The van der Waals surface area contributed by atoms with Crippen LogP contribution in [0.2, 0.25) is 0 Å². The van der Waals surface area contributed by atoms with E-state index >= 15 is 0 Å². The zero-order valence-corrected chi connectivity index (χ0v) is 16.4. The first-order chi connectivity index (χ1) is 13.6. The van der Waals surface area contributed by atoms with E-state index in [4.69, 9.17) is 0 Å². The smallest absolute Gasteiger partial charge is 0.228 e. The molecule has 2 aromatic heterocycles. The van der Waals surface area contributed by atoms with E-state index in [1.807, 2.05) is 48.5 Å². The predicted molar refractivity (Wildman–Crippen MR) is 110 cm³/mol. The number of hydrogen-bond acceptors (Lipinski definition) is 5. The van der Waals surface area contributed by atoms with E-state index in [-0.39, 0.29) is 5.91 Å². The van der Waals surface area contributed by atoms with Crippen LogP contribution in [0.3, 0.4) is 0 Å². The van der Waals surface area contributed by atoms with Crippen LogP contribution in [-0.4, -0.2) is 64.1 Å². The summed E-state index contributed by atoms with van der Waals surface area (Å²) in [6.07, 6.45) is 5.90. The molecule has 0 aliphatic carbocycles. The van der Waals surface area contributed by atoms with Gasteiger partial charge in [0, 0.05) is 36.4 Å². The Bertz CT molecular complexity index is 967. The Morgan fingerprint density at radius 1 is 1.18 bits per heavy atom. The van der Waals surface area contributed by atoms with Crippen molar-refractivity contribution in [3.63, 3.8) is 0 Å². The molecule has 0 unspecified atom stereocenters. The quantitative estimate of drug-likeness (QED) is 0.702. The summed E-state index contributed by atoms with van der Waals surface area (Å²) < 4.78 is 0. The molecule has 6 nitrogen and oxygen atoms in total. The molecule has 1 aromatic carbocycles. The van der Waals surface area contributed by atoms with Crippen molar-refractivity contribution in [1.29, 1.82) is 0 Å². The second-order valence-corrected chi connectivity index (χ2v) is 7.56. The molecule has 0 N–H and O–H groups in total. The number of rotatable bonds is 4. The van der Waals surface area contributed by atoms with Crippen molar-refractivity contribution in [3.05, 3.63) is 54.5 Å². The average molecular weight is 375 g/mol. The third-order valence-corrected chi connectivity index (χ3v) is 5.61. The minimum absolute atomic E-state index is 0.131. The number of amides is 1. The van der Waals surface area contributed by atoms with Gasteiger partial charge in [-0.1, -0.05) is 12.1 Å². The van der Waals surface area contributed by atoms with Crippen LogP contribution in [0.15, 0.2) is 48.8 Å². The highest BCUT2D eigenvalue weighted by molar-refractivity contribution is 5.87. The maximum atomic E-state index is 12.8. The van der Waals surface area contributed by atoms with Crippen molar-refractivity contribution >= 4 is 16.7 Å². The number of hydrogen-bond donors (Lipinski definition) is 0. The number of aromatic nitrogens is 3. The molecule has 1 saturated heterocycles. The third kappa shape index (κ3) is 4.02. The van der Waals surface area contributed by atoms with Gasteiger partial charge in [0.1, 0.15) is 0 Å². The monoisotopic (exact) mass is 375 g/mol. The summed E-state index contributed by atoms with van der Waals surface area (Å²) in [5.74, 6) is 0.131. The van der Waals surface area contributed by atoms with Gasteiger partial charge in [0.05, 0.1) is 17.8 Å². The lowest BCUT2D eigenvalue weighted by atomic mass is 10.0. The van der Waals surface area contributed by atoms with Crippen molar-refractivity contribution in [2.75, 3.05) is 27.2 Å². The van der Waals surface area contributed by atoms with Crippen LogP contribution in [0, 0.1) is 0 Å². The number of piperidine rings is 1. The number of carbonyl (C=O) groups excluding carboxylic acids is 1. The summed E-state index contributed by atoms with van der Waals surface area (Å²) in [5.41, 5.74) is 2.64. The van der Waals surface area contributed by atoms with Crippen LogP contribution in [-0.2, 0) is 11.2 Å². The van der Waals surface area contributed by atoms with Gasteiger partial charge in [-0.05, 0) is 62.6 Å². The summed E-state index contributed by atoms with van der Waals surface area (Å²) in [4.78, 5) is 21.5. The molecular formula is C22H25N5O. The standard InChI is InChI=1S/C22H25N5O/c1-26-10-7-20(8-11-26)27(2)22(28)14-19-13-18-12-16(5-6-17(18)15-23-19)21-4-3-9-24-25-21/h3-6,9,12-13,15,20H,7-8,10-11,14H2,1-2H3. The molecule has 0 saturated carbocycles. The van der Waals surface area contributed by atoms with E-state index in [2.05, 4.69) is 33.2 Å². The lowest BCUT2D eigenvalue weighted by molar-refractivity contribution is -0.132. The maximum Gasteiger partial charge on any atom is 0.228 e. The van der Waals surface area contributed by atoms with Crippen LogP contribution >= 0.6 is 0 Å². The van der Waals surface area contributed by atoms with Crippen LogP contribution in [0.25, 0.3) is 22.0 Å². The first-order valence-electron chi connectivity index (χ1n) is 9.71. The first-order valence-corrected chi connectivity index (χ1v) is 9.71. The largest absolute Gasteiger partial charge is 0.342 e. The van der Waals surface area contributed by atoms with Crippen LogP contribution in [0.5, 0.6) is 0 Å². The van der Waals surface area contributed by atoms with Gasteiger partial charge >= 0.3 is 0 Å². The van der Waals surface area contributed by atoms with Crippen LogP contribution < -0.4 is 0 Å². The maximum absolute atomic E-state index is 12.8. The van der Waals surface area contributed by atoms with E-state index in [1.54, 1.807) is 6.20 Å². The van der Waals surface area contributed by atoms with Gasteiger partial charge in [0.25, 0.3) is 0 Å². The number of benzene rings is 1. The normalized spacial score (nSPS) is 15.6. The summed E-state index contributed by atoms with van der Waals surface area (Å²) in [7, 11) is 4.05. The molecule has 28 heavy (non-hydrogen) atoms. The summed E-state index contributed by atoms with van der Waals surface area (Å²) in [6.45, 7) is 2.09. The molecule has 1 amide bonds. The van der Waals surface area contributed by atoms with Crippen molar-refractivity contribution in [2.45, 2.75) is 25.3 Å². The van der Waals surface area contributed by atoms with Crippen molar-refractivity contribution < 1.29 is 4.79 Å². The topological polar surface area (TPSA) is 62.2 Å². The van der Waals surface area contributed by atoms with Crippen molar-refractivity contribution in [3.8, 4) is 11.3 Å². The fourth-order valence-electron chi connectivity index (χ4n) is 3.76. The predicted octanol–water partition coefficient (Wildman–Crippen LogP) is 2.79. The number of likely N-dealkylation sites (N-methyl/N-ethyl adjacent to an activating group) is 1. The number of pyridine rings is 1. The van der Waals surface area contributed by atoms with Gasteiger partial charge in [-0.2, -0.15) is 10.2 Å². The van der Waals surface area contributed by atoms with Gasteiger partial charge in [0.2, 0.25) is 5.91 Å². The Kier molecular flexibility index (Phi) is 5.30. The molecular weight excluding hydrogens is 350 g/mol. The molecule has 1 fully saturated rings. The molecule has 144 valence electrons. The Labute approximate surface area is 165 Å². The lowest BCUT2D eigenvalue weighted by Gasteiger charge is -2.35. The fourth-order valence-corrected chi connectivity index (χ4v) is 3.76. The Morgan fingerprint density at radius 2 is 2.00 bits per heavy atom. The molecule has 3 heterocycles. The zero-order chi connectivity index (χ0) is 19.5. The van der Waals surface area contributed by atoms with Gasteiger partial charge < -0.3 is 9.80 Å². The Hall–Kier alpha value is -2.86. The lowest BCUT2D eigenvalue weighted by Crippen LogP contribution is -2.45. The fraction of sp³-hybridized carbons (Fsp3) is 0.364. The van der Waals surface area contributed by atoms with E-state index in [9.17, 15) is 4.79 Å². The molecule has 4 rings (SSSR count). The Morgan fingerprint density at radius 3 is 2.75 bits per heavy atom. The highest BCUT2D eigenvalue weighted by Crippen LogP contribution is 2.23. The minimum atomic E-state index is 0.131. The third-order valence-electron chi connectivity index (χ3n) is 5.61. The molecule has 0 spiro atoms. The van der Waals surface area contributed by atoms with E-state index in [1.165, 1.54) is 0 Å². The summed E-state index contributed by atoms with van der Waals surface area (Å²) in [5, 5.41) is 10.2. The molecule has 1 aliphatic rings. The first kappa shape index (κ1) is 18.5. The molecule has 6 heteroatoms. The average Bonchev–Trinajstić information content (AvgIpc) is 2.74. The molecule has 0 radical (unpaired) electrons. The van der Waals surface area contributed by atoms with Crippen molar-refractivity contribution in [1.82, 2.24) is 25.0 Å². The number of fused-ring (bicyclic) bond motifs is 1. The second kappa shape index (κ2) is 8.02. The summed E-state index contributed by atoms with van der Waals surface area (Å²) in [6, 6.07) is 12.3. The number of carbonyl (C=O) groups is 1. The molecule has 1 aliphatic heterocycles. The minimum Gasteiger partial charge on any atom is -0.342 e. The second-order valence-electron chi connectivity index (χ2n) is 7.56.